The molecule has 0 saturated carbocycles. The molecule has 1 heterocycles. The summed E-state index contributed by atoms with van der Waals surface area (Å²) in [5.41, 5.74) is 3.67. The van der Waals surface area contributed by atoms with Crippen molar-refractivity contribution >= 4 is 11.0 Å². The number of imidazole rings is 1. The van der Waals surface area contributed by atoms with Crippen molar-refractivity contribution in [3.63, 3.8) is 0 Å². The third-order valence-corrected chi connectivity index (χ3v) is 2.17. The molecule has 0 fully saturated rings. The zero-order chi connectivity index (χ0) is 9.26. The average Bonchev–Trinajstić information content (AvgIpc) is 2.63. The lowest BCUT2D eigenvalue weighted by Crippen LogP contribution is -1.89. The molecule has 0 aliphatic carbocycles. The first kappa shape index (κ1) is 7.81. The van der Waals surface area contributed by atoms with E-state index in [4.69, 9.17) is 5.26 Å². The number of hydrogen-bond acceptors (Lipinski definition) is 2. The molecule has 1 aromatic heterocycles. The fourth-order valence-corrected chi connectivity index (χ4v) is 1.53. The Morgan fingerprint density at radius 2 is 2.38 bits per heavy atom. The molecular formula is C10H9N3. The second-order valence-corrected chi connectivity index (χ2v) is 2.86. The number of aromatic amines is 1. The van der Waals surface area contributed by atoms with Gasteiger partial charge in [-0.15, -0.1) is 0 Å². The standard InChI is InChI=1S/C10H9N3/c1-2-8-7(5-11)3-4-9-10(8)13-6-12-9/h3-4,6H,2H2,1H3,(H,12,13). The SMILES string of the molecule is CCc1c(C#N)ccc2[nH]cnc12. The first-order chi connectivity index (χ1) is 6.36. The Morgan fingerprint density at radius 3 is 3.08 bits per heavy atom. The number of benzene rings is 1. The van der Waals surface area contributed by atoms with E-state index in [1.54, 1.807) is 6.33 Å². The van der Waals surface area contributed by atoms with Gasteiger partial charge in [-0.25, -0.2) is 4.98 Å². The predicted octanol–water partition coefficient (Wildman–Crippen LogP) is 2.00. The number of fused-ring (bicyclic) bond motifs is 1. The highest BCUT2D eigenvalue weighted by Gasteiger charge is 2.06. The van der Waals surface area contributed by atoms with Gasteiger partial charge in [0.25, 0.3) is 0 Å². The second kappa shape index (κ2) is 2.91. The molecule has 0 spiro atoms. The summed E-state index contributed by atoms with van der Waals surface area (Å²) < 4.78 is 0. The number of rotatable bonds is 1. The lowest BCUT2D eigenvalue weighted by atomic mass is 10.0. The van der Waals surface area contributed by atoms with Gasteiger partial charge in [0.1, 0.15) is 0 Å². The highest BCUT2D eigenvalue weighted by molar-refractivity contribution is 5.80. The molecule has 0 aliphatic rings. The second-order valence-electron chi connectivity index (χ2n) is 2.86. The smallest absolute Gasteiger partial charge is 0.0995 e. The lowest BCUT2D eigenvalue weighted by molar-refractivity contribution is 1.14. The highest BCUT2D eigenvalue weighted by atomic mass is 14.9. The Kier molecular flexibility index (Phi) is 1.75. The topological polar surface area (TPSA) is 52.5 Å². The number of aryl methyl sites for hydroxylation is 1. The van der Waals surface area contributed by atoms with E-state index >= 15 is 0 Å². The van der Waals surface area contributed by atoms with Gasteiger partial charge >= 0.3 is 0 Å². The van der Waals surface area contributed by atoms with E-state index in [0.717, 1.165) is 28.6 Å². The van der Waals surface area contributed by atoms with E-state index in [0.29, 0.717) is 0 Å². The molecular weight excluding hydrogens is 162 g/mol. The van der Waals surface area contributed by atoms with Crippen molar-refractivity contribution in [2.75, 3.05) is 0 Å². The summed E-state index contributed by atoms with van der Waals surface area (Å²) in [6.45, 7) is 2.03. The molecule has 0 radical (unpaired) electrons. The quantitative estimate of drug-likeness (QED) is 0.713. The van der Waals surface area contributed by atoms with Crippen LogP contribution >= 0.6 is 0 Å². The summed E-state index contributed by atoms with van der Waals surface area (Å²) >= 11 is 0. The van der Waals surface area contributed by atoms with Crippen LogP contribution in [0.25, 0.3) is 11.0 Å². The Bertz CT molecular complexity index is 476. The van der Waals surface area contributed by atoms with Crippen LogP contribution in [0.5, 0.6) is 0 Å². The summed E-state index contributed by atoms with van der Waals surface area (Å²) in [5, 5.41) is 8.86. The molecule has 0 saturated heterocycles. The normalized spacial score (nSPS) is 10.2. The van der Waals surface area contributed by atoms with Crippen LogP contribution < -0.4 is 0 Å². The van der Waals surface area contributed by atoms with Crippen LogP contribution in [0.15, 0.2) is 18.5 Å². The molecule has 0 atom stereocenters. The largest absolute Gasteiger partial charge is 0.345 e. The number of H-pyrrole nitrogens is 1. The minimum Gasteiger partial charge on any atom is -0.345 e. The van der Waals surface area contributed by atoms with Crippen LogP contribution in [0, 0.1) is 11.3 Å². The van der Waals surface area contributed by atoms with Crippen LogP contribution in [0.4, 0.5) is 0 Å². The lowest BCUT2D eigenvalue weighted by Gasteiger charge is -2.00. The first-order valence-corrected chi connectivity index (χ1v) is 4.22. The molecule has 2 rings (SSSR count). The first-order valence-electron chi connectivity index (χ1n) is 4.22. The van der Waals surface area contributed by atoms with Gasteiger partial charge in [-0.3, -0.25) is 0 Å². The summed E-state index contributed by atoms with van der Waals surface area (Å²) in [6.07, 6.45) is 2.50. The molecule has 3 nitrogen and oxygen atoms in total. The maximum atomic E-state index is 8.86. The van der Waals surface area contributed by atoms with Crippen LogP contribution in [0.2, 0.25) is 0 Å². The number of nitrogens with one attached hydrogen (secondary N) is 1. The number of hydrogen-bond donors (Lipinski definition) is 1. The number of aromatic nitrogens is 2. The van der Waals surface area contributed by atoms with Gasteiger partial charge in [0, 0.05) is 0 Å². The zero-order valence-corrected chi connectivity index (χ0v) is 7.33. The van der Waals surface area contributed by atoms with Gasteiger partial charge in [-0.05, 0) is 24.1 Å². The zero-order valence-electron chi connectivity index (χ0n) is 7.33. The Balaban J connectivity index is 2.84. The fraction of sp³-hybridized carbons (Fsp3) is 0.200. The van der Waals surface area contributed by atoms with E-state index in [1.807, 2.05) is 19.1 Å². The third-order valence-electron chi connectivity index (χ3n) is 2.17. The summed E-state index contributed by atoms with van der Waals surface area (Å²) in [4.78, 5) is 7.22. The van der Waals surface area contributed by atoms with Crippen molar-refractivity contribution in [2.24, 2.45) is 0 Å². The van der Waals surface area contributed by atoms with Gasteiger partial charge in [0.05, 0.1) is 29.0 Å². The molecule has 13 heavy (non-hydrogen) atoms. The van der Waals surface area contributed by atoms with Crippen molar-refractivity contribution in [3.05, 3.63) is 29.6 Å². The Morgan fingerprint density at radius 1 is 1.54 bits per heavy atom. The summed E-state index contributed by atoms with van der Waals surface area (Å²) in [6, 6.07) is 5.90. The number of nitrogens with zero attached hydrogens (tertiary/aromatic N) is 2. The molecule has 1 N–H and O–H groups in total. The minimum absolute atomic E-state index is 0.724. The summed E-state index contributed by atoms with van der Waals surface area (Å²) in [5.74, 6) is 0. The molecule has 0 bridgehead atoms. The minimum atomic E-state index is 0.724. The molecule has 3 heteroatoms. The van der Waals surface area contributed by atoms with E-state index in [-0.39, 0.29) is 0 Å². The van der Waals surface area contributed by atoms with E-state index in [1.165, 1.54) is 0 Å². The van der Waals surface area contributed by atoms with Gasteiger partial charge < -0.3 is 4.98 Å². The monoisotopic (exact) mass is 171 g/mol. The third kappa shape index (κ3) is 1.07. The van der Waals surface area contributed by atoms with E-state index in [9.17, 15) is 0 Å². The van der Waals surface area contributed by atoms with Crippen LogP contribution in [-0.2, 0) is 6.42 Å². The van der Waals surface area contributed by atoms with Gasteiger partial charge in [0.15, 0.2) is 0 Å². The van der Waals surface area contributed by atoms with Crippen LogP contribution in [0.3, 0.4) is 0 Å². The highest BCUT2D eigenvalue weighted by Crippen LogP contribution is 2.19. The molecule has 1 aromatic carbocycles. The average molecular weight is 171 g/mol. The van der Waals surface area contributed by atoms with Crippen molar-refractivity contribution in [1.29, 1.82) is 5.26 Å². The molecule has 0 unspecified atom stereocenters. The van der Waals surface area contributed by atoms with E-state index in [2.05, 4.69) is 16.0 Å². The molecule has 0 aliphatic heterocycles. The van der Waals surface area contributed by atoms with Crippen molar-refractivity contribution in [1.82, 2.24) is 9.97 Å². The van der Waals surface area contributed by atoms with Crippen LogP contribution in [-0.4, -0.2) is 9.97 Å². The van der Waals surface area contributed by atoms with Gasteiger partial charge in [-0.2, -0.15) is 5.26 Å². The Labute approximate surface area is 76.0 Å². The van der Waals surface area contributed by atoms with Crippen molar-refractivity contribution in [2.45, 2.75) is 13.3 Å². The predicted molar refractivity (Wildman–Crippen MR) is 50.2 cm³/mol. The number of nitriles is 1. The van der Waals surface area contributed by atoms with Gasteiger partial charge in [-0.1, -0.05) is 6.92 Å². The molecule has 2 aromatic rings. The fourth-order valence-electron chi connectivity index (χ4n) is 1.53. The Hall–Kier alpha value is -1.82. The maximum absolute atomic E-state index is 8.86. The summed E-state index contributed by atoms with van der Waals surface area (Å²) in [7, 11) is 0. The van der Waals surface area contributed by atoms with Crippen molar-refractivity contribution < 1.29 is 0 Å². The van der Waals surface area contributed by atoms with Crippen LogP contribution in [0.1, 0.15) is 18.1 Å². The van der Waals surface area contributed by atoms with E-state index < -0.39 is 0 Å². The molecule has 64 valence electrons. The maximum Gasteiger partial charge on any atom is 0.0995 e. The molecule has 0 amide bonds. The van der Waals surface area contributed by atoms with Crippen molar-refractivity contribution in [3.8, 4) is 6.07 Å². The van der Waals surface area contributed by atoms with Gasteiger partial charge in [0.2, 0.25) is 0 Å².